The number of carbonyl (C=O) groups excluding carboxylic acids is 1. The molecule has 1 aromatic heterocycles. The standard InChI is InChI=1S/C16H14N4O2/c1-20-17-11-14(19-20)16(21)18-13-9-5-6-10-15(13)22-12-7-3-2-4-8-12/h2-11H,1H3,(H,18,21). The normalized spacial score (nSPS) is 10.2. The highest BCUT2D eigenvalue weighted by Crippen LogP contribution is 2.29. The molecule has 0 radical (unpaired) electrons. The molecule has 0 saturated heterocycles. The van der Waals surface area contributed by atoms with Crippen LogP contribution in [0.4, 0.5) is 5.69 Å². The van der Waals surface area contributed by atoms with Gasteiger partial charge in [0, 0.05) is 7.05 Å². The minimum absolute atomic E-state index is 0.247. The maximum atomic E-state index is 12.1. The Bertz CT molecular complexity index is 784. The molecule has 22 heavy (non-hydrogen) atoms. The SMILES string of the molecule is Cn1ncc(C(=O)Nc2ccccc2Oc2ccccc2)n1. The molecule has 1 N–H and O–H groups in total. The van der Waals surface area contributed by atoms with Crippen molar-refractivity contribution in [3.8, 4) is 11.5 Å². The summed E-state index contributed by atoms with van der Waals surface area (Å²) < 4.78 is 5.80. The monoisotopic (exact) mass is 294 g/mol. The zero-order valence-electron chi connectivity index (χ0n) is 11.9. The number of amides is 1. The van der Waals surface area contributed by atoms with Crippen LogP contribution >= 0.6 is 0 Å². The second-order valence-corrected chi connectivity index (χ2v) is 4.58. The van der Waals surface area contributed by atoms with Gasteiger partial charge in [0.25, 0.3) is 5.91 Å². The van der Waals surface area contributed by atoms with Crippen LogP contribution in [-0.4, -0.2) is 20.9 Å². The molecule has 1 heterocycles. The van der Waals surface area contributed by atoms with E-state index in [0.717, 1.165) is 0 Å². The number of hydrogen-bond donors (Lipinski definition) is 1. The predicted molar refractivity (Wildman–Crippen MR) is 81.9 cm³/mol. The van der Waals surface area contributed by atoms with Crippen LogP contribution in [0.5, 0.6) is 11.5 Å². The highest BCUT2D eigenvalue weighted by Gasteiger charge is 2.13. The van der Waals surface area contributed by atoms with E-state index in [0.29, 0.717) is 17.2 Å². The zero-order chi connectivity index (χ0) is 15.4. The summed E-state index contributed by atoms with van der Waals surface area (Å²) in [7, 11) is 1.66. The maximum absolute atomic E-state index is 12.1. The lowest BCUT2D eigenvalue weighted by atomic mass is 10.2. The summed E-state index contributed by atoms with van der Waals surface area (Å²) in [5.74, 6) is 0.923. The van der Waals surface area contributed by atoms with Crippen molar-refractivity contribution >= 4 is 11.6 Å². The largest absolute Gasteiger partial charge is 0.455 e. The number of rotatable bonds is 4. The first-order valence-corrected chi connectivity index (χ1v) is 6.72. The fraction of sp³-hybridized carbons (Fsp3) is 0.0625. The van der Waals surface area contributed by atoms with Gasteiger partial charge in [0.2, 0.25) is 0 Å². The molecule has 0 atom stereocenters. The molecule has 0 fully saturated rings. The Morgan fingerprint density at radius 2 is 1.82 bits per heavy atom. The van der Waals surface area contributed by atoms with Crippen LogP contribution in [0.2, 0.25) is 0 Å². The van der Waals surface area contributed by atoms with E-state index in [-0.39, 0.29) is 11.6 Å². The maximum Gasteiger partial charge on any atom is 0.277 e. The van der Waals surface area contributed by atoms with E-state index in [4.69, 9.17) is 4.74 Å². The van der Waals surface area contributed by atoms with Crippen molar-refractivity contribution in [2.45, 2.75) is 0 Å². The summed E-state index contributed by atoms with van der Waals surface area (Å²) in [5, 5.41) is 10.6. The first kappa shape index (κ1) is 13.8. The molecule has 3 aromatic rings. The third kappa shape index (κ3) is 3.12. The van der Waals surface area contributed by atoms with Gasteiger partial charge in [0.15, 0.2) is 11.4 Å². The Morgan fingerprint density at radius 1 is 1.09 bits per heavy atom. The lowest BCUT2D eigenvalue weighted by Gasteiger charge is -2.11. The third-order valence-corrected chi connectivity index (χ3v) is 2.94. The molecule has 0 spiro atoms. The van der Waals surface area contributed by atoms with Crippen molar-refractivity contribution in [3.05, 3.63) is 66.5 Å². The van der Waals surface area contributed by atoms with Crippen molar-refractivity contribution in [1.82, 2.24) is 15.0 Å². The van der Waals surface area contributed by atoms with E-state index in [1.165, 1.54) is 11.0 Å². The summed E-state index contributed by atoms with van der Waals surface area (Å²) in [6.07, 6.45) is 1.41. The number of carbonyl (C=O) groups is 1. The number of nitrogens with zero attached hydrogens (tertiary/aromatic N) is 3. The number of aromatic nitrogens is 3. The summed E-state index contributed by atoms with van der Waals surface area (Å²) in [4.78, 5) is 13.5. The van der Waals surface area contributed by atoms with Crippen LogP contribution < -0.4 is 10.1 Å². The molecule has 6 nitrogen and oxygen atoms in total. The molecule has 0 aliphatic heterocycles. The molecule has 0 aliphatic carbocycles. The molecule has 3 rings (SSSR count). The number of nitrogens with one attached hydrogen (secondary N) is 1. The average Bonchev–Trinajstić information content (AvgIpc) is 2.97. The third-order valence-electron chi connectivity index (χ3n) is 2.94. The fourth-order valence-corrected chi connectivity index (χ4v) is 1.91. The van der Waals surface area contributed by atoms with Gasteiger partial charge in [-0.25, -0.2) is 0 Å². The van der Waals surface area contributed by atoms with Gasteiger partial charge in [-0.2, -0.15) is 9.90 Å². The smallest absolute Gasteiger partial charge is 0.277 e. The molecule has 110 valence electrons. The van der Waals surface area contributed by atoms with Gasteiger partial charge in [-0.1, -0.05) is 30.3 Å². The predicted octanol–water partition coefficient (Wildman–Crippen LogP) is 2.86. The van der Waals surface area contributed by atoms with E-state index in [9.17, 15) is 4.79 Å². The van der Waals surface area contributed by atoms with E-state index < -0.39 is 0 Å². The van der Waals surface area contributed by atoms with Crippen molar-refractivity contribution < 1.29 is 9.53 Å². The van der Waals surface area contributed by atoms with Gasteiger partial charge in [-0.3, -0.25) is 4.79 Å². The molecule has 0 aliphatic rings. The molecule has 6 heteroatoms. The Labute approximate surface area is 127 Å². The van der Waals surface area contributed by atoms with Crippen LogP contribution in [0.15, 0.2) is 60.8 Å². The van der Waals surface area contributed by atoms with Crippen LogP contribution in [0.25, 0.3) is 0 Å². The van der Waals surface area contributed by atoms with Crippen molar-refractivity contribution in [2.75, 3.05) is 5.32 Å². The Balaban J connectivity index is 1.81. The summed E-state index contributed by atoms with van der Waals surface area (Å²) >= 11 is 0. The number of para-hydroxylation sites is 3. The number of aryl methyl sites for hydroxylation is 1. The van der Waals surface area contributed by atoms with Crippen molar-refractivity contribution in [2.24, 2.45) is 7.05 Å². The lowest BCUT2D eigenvalue weighted by molar-refractivity contribution is 0.102. The first-order chi connectivity index (χ1) is 10.7. The average molecular weight is 294 g/mol. The van der Waals surface area contributed by atoms with E-state index >= 15 is 0 Å². The van der Waals surface area contributed by atoms with E-state index in [2.05, 4.69) is 15.5 Å². The minimum atomic E-state index is -0.336. The van der Waals surface area contributed by atoms with Crippen LogP contribution in [0, 0.1) is 0 Å². The molecular formula is C16H14N4O2. The van der Waals surface area contributed by atoms with Gasteiger partial charge in [0.1, 0.15) is 5.75 Å². The molecule has 0 bridgehead atoms. The molecule has 2 aromatic carbocycles. The number of hydrogen-bond acceptors (Lipinski definition) is 4. The zero-order valence-corrected chi connectivity index (χ0v) is 11.9. The number of ether oxygens (including phenoxy) is 1. The first-order valence-electron chi connectivity index (χ1n) is 6.72. The van der Waals surface area contributed by atoms with Gasteiger partial charge in [-0.15, -0.1) is 5.10 Å². The van der Waals surface area contributed by atoms with Crippen molar-refractivity contribution in [3.63, 3.8) is 0 Å². The minimum Gasteiger partial charge on any atom is -0.455 e. The van der Waals surface area contributed by atoms with Gasteiger partial charge < -0.3 is 10.1 Å². The lowest BCUT2D eigenvalue weighted by Crippen LogP contribution is -2.13. The molecular weight excluding hydrogens is 280 g/mol. The van der Waals surface area contributed by atoms with Gasteiger partial charge in [0.05, 0.1) is 11.9 Å². The van der Waals surface area contributed by atoms with Gasteiger partial charge >= 0.3 is 0 Å². The second kappa shape index (κ2) is 6.09. The van der Waals surface area contributed by atoms with E-state index in [1.807, 2.05) is 42.5 Å². The van der Waals surface area contributed by atoms with Crippen LogP contribution in [-0.2, 0) is 7.05 Å². The Kier molecular flexibility index (Phi) is 3.82. The van der Waals surface area contributed by atoms with Crippen LogP contribution in [0.1, 0.15) is 10.5 Å². The molecule has 1 amide bonds. The summed E-state index contributed by atoms with van der Waals surface area (Å²) in [6.45, 7) is 0. The quantitative estimate of drug-likeness (QED) is 0.803. The van der Waals surface area contributed by atoms with Crippen LogP contribution in [0.3, 0.4) is 0 Å². The second-order valence-electron chi connectivity index (χ2n) is 4.58. The van der Waals surface area contributed by atoms with Crippen molar-refractivity contribution in [1.29, 1.82) is 0 Å². The molecule has 0 unspecified atom stereocenters. The molecule has 0 saturated carbocycles. The highest BCUT2D eigenvalue weighted by molar-refractivity contribution is 6.03. The fourth-order valence-electron chi connectivity index (χ4n) is 1.91. The summed E-state index contributed by atoms with van der Waals surface area (Å²) in [6, 6.07) is 16.6. The van der Waals surface area contributed by atoms with Gasteiger partial charge in [-0.05, 0) is 24.3 Å². The Morgan fingerprint density at radius 3 is 2.55 bits per heavy atom. The highest BCUT2D eigenvalue weighted by atomic mass is 16.5. The Hall–Kier alpha value is -3.15. The summed E-state index contributed by atoms with van der Waals surface area (Å²) in [5.41, 5.74) is 0.819. The topological polar surface area (TPSA) is 69.0 Å². The number of benzene rings is 2. The number of anilines is 1. The van der Waals surface area contributed by atoms with E-state index in [1.54, 1.807) is 19.2 Å².